The molecule has 0 bridgehead atoms. The van der Waals surface area contributed by atoms with E-state index in [1.54, 1.807) is 72.8 Å². The molecule has 0 saturated carbocycles. The summed E-state index contributed by atoms with van der Waals surface area (Å²) in [5.74, 6) is -2.84. The van der Waals surface area contributed by atoms with Gasteiger partial charge in [-0.05, 0) is 48.5 Å². The van der Waals surface area contributed by atoms with E-state index in [1.807, 2.05) is 0 Å². The van der Waals surface area contributed by atoms with Gasteiger partial charge in [0.1, 0.15) is 0 Å². The lowest BCUT2D eigenvalue weighted by Crippen LogP contribution is -2.21. The van der Waals surface area contributed by atoms with Crippen molar-refractivity contribution in [2.24, 2.45) is 0 Å². The largest absolute Gasteiger partial charge is 0.478 e. The van der Waals surface area contributed by atoms with Crippen molar-refractivity contribution in [1.82, 2.24) is 0 Å². The third-order valence-corrected chi connectivity index (χ3v) is 5.45. The Morgan fingerprint density at radius 2 is 0.811 bits per heavy atom. The normalized spacial score (nSPS) is 10.3. The van der Waals surface area contributed by atoms with Crippen LogP contribution in [-0.2, 0) is 0 Å². The zero-order valence-electron chi connectivity index (χ0n) is 19.4. The van der Waals surface area contributed by atoms with Crippen molar-refractivity contribution in [3.05, 3.63) is 119 Å². The van der Waals surface area contributed by atoms with Crippen LogP contribution < -0.4 is 21.7 Å². The van der Waals surface area contributed by atoms with Crippen LogP contribution in [0, 0.1) is 0 Å². The molecule has 9 nitrogen and oxygen atoms in total. The number of para-hydroxylation sites is 4. The molecular weight excluding hydrogens is 472 g/mol. The smallest absolute Gasteiger partial charge is 0.337 e. The number of nitrogen functional groups attached to an aromatic ring is 1. The van der Waals surface area contributed by atoms with Gasteiger partial charge in [0, 0.05) is 5.69 Å². The van der Waals surface area contributed by atoms with E-state index >= 15 is 0 Å². The Morgan fingerprint density at radius 1 is 0.486 bits per heavy atom. The van der Waals surface area contributed by atoms with Crippen LogP contribution in [0.5, 0.6) is 0 Å². The second kappa shape index (κ2) is 10.9. The molecule has 0 aliphatic heterocycles. The number of carboxylic acids is 1. The van der Waals surface area contributed by atoms with Crippen LogP contribution in [0.1, 0.15) is 41.4 Å². The highest BCUT2D eigenvalue weighted by molar-refractivity contribution is 6.16. The molecule has 0 aliphatic rings. The van der Waals surface area contributed by atoms with Gasteiger partial charge in [0.15, 0.2) is 0 Å². The van der Waals surface area contributed by atoms with Gasteiger partial charge in [-0.1, -0.05) is 48.5 Å². The summed E-state index contributed by atoms with van der Waals surface area (Å²) in [4.78, 5) is 50.4. The first-order valence-electron chi connectivity index (χ1n) is 11.1. The summed E-state index contributed by atoms with van der Waals surface area (Å²) in [5.41, 5.74) is 7.24. The van der Waals surface area contributed by atoms with Gasteiger partial charge in [0.2, 0.25) is 0 Å². The maximum atomic E-state index is 13.2. The van der Waals surface area contributed by atoms with Gasteiger partial charge in [0.05, 0.1) is 39.3 Å². The number of nitrogens with two attached hydrogens (primary N) is 1. The quantitative estimate of drug-likeness (QED) is 0.235. The fraction of sp³-hybridized carbons (Fsp3) is 0. The summed E-state index contributed by atoms with van der Waals surface area (Å²) in [7, 11) is 0. The number of hydrogen-bond acceptors (Lipinski definition) is 5. The van der Waals surface area contributed by atoms with E-state index in [4.69, 9.17) is 5.73 Å². The van der Waals surface area contributed by atoms with Gasteiger partial charge in [-0.3, -0.25) is 14.4 Å². The molecule has 0 radical (unpaired) electrons. The van der Waals surface area contributed by atoms with Crippen LogP contribution in [0.4, 0.5) is 22.7 Å². The zero-order chi connectivity index (χ0) is 26.4. The number of aromatic carboxylic acids is 1. The molecule has 0 aromatic heterocycles. The number of nitrogens with one attached hydrogen (secondary N) is 3. The first-order valence-corrected chi connectivity index (χ1v) is 11.1. The molecule has 4 aromatic carbocycles. The predicted octanol–water partition coefficient (Wildman–Crippen LogP) is 4.72. The molecule has 4 aromatic rings. The standard InChI is InChI=1S/C28H22N4O5/c29-21-13-5-1-9-17(21)25(33)30-22-14-6-2-10-18(22)26(34)31-23-15-7-3-11-19(23)27(35)32-24-16-8-4-12-20(24)28(36)37/h1-16H,29H2,(H,30,33)(H,31,34)(H,32,35)(H,36,37). The van der Waals surface area contributed by atoms with Crippen molar-refractivity contribution in [3.8, 4) is 0 Å². The van der Waals surface area contributed by atoms with Gasteiger partial charge in [-0.2, -0.15) is 0 Å². The highest BCUT2D eigenvalue weighted by atomic mass is 16.4. The topological polar surface area (TPSA) is 151 Å². The van der Waals surface area contributed by atoms with E-state index in [9.17, 15) is 24.3 Å². The maximum absolute atomic E-state index is 13.2. The van der Waals surface area contributed by atoms with Crippen LogP contribution in [0.2, 0.25) is 0 Å². The number of anilines is 4. The Kier molecular flexibility index (Phi) is 7.25. The summed E-state index contributed by atoms with van der Waals surface area (Å²) in [5, 5.41) is 17.4. The lowest BCUT2D eigenvalue weighted by Gasteiger charge is -2.15. The molecule has 184 valence electrons. The summed E-state index contributed by atoms with van der Waals surface area (Å²) in [6.07, 6.45) is 0. The number of rotatable bonds is 7. The Labute approximate surface area is 211 Å². The van der Waals surface area contributed by atoms with Gasteiger partial charge in [-0.25, -0.2) is 4.79 Å². The van der Waals surface area contributed by atoms with Gasteiger partial charge < -0.3 is 26.8 Å². The molecule has 0 fully saturated rings. The lowest BCUT2D eigenvalue weighted by molar-refractivity contribution is 0.0697. The SMILES string of the molecule is Nc1ccccc1C(=O)Nc1ccccc1C(=O)Nc1ccccc1C(=O)Nc1ccccc1C(=O)O. The Balaban J connectivity index is 1.56. The Morgan fingerprint density at radius 3 is 1.24 bits per heavy atom. The highest BCUT2D eigenvalue weighted by Crippen LogP contribution is 2.23. The molecule has 0 heterocycles. The van der Waals surface area contributed by atoms with Crippen LogP contribution in [0.3, 0.4) is 0 Å². The third-order valence-electron chi connectivity index (χ3n) is 5.45. The number of hydrogen-bond donors (Lipinski definition) is 5. The first kappa shape index (κ1) is 24.7. The summed E-state index contributed by atoms with van der Waals surface area (Å²) in [6.45, 7) is 0. The van der Waals surface area contributed by atoms with E-state index in [2.05, 4.69) is 16.0 Å². The molecule has 0 saturated heterocycles. The predicted molar refractivity (Wildman–Crippen MR) is 141 cm³/mol. The van der Waals surface area contributed by atoms with Gasteiger partial charge >= 0.3 is 5.97 Å². The molecule has 0 aliphatic carbocycles. The van der Waals surface area contributed by atoms with Crippen LogP contribution >= 0.6 is 0 Å². The van der Waals surface area contributed by atoms with Crippen LogP contribution in [0.25, 0.3) is 0 Å². The molecule has 0 spiro atoms. The molecule has 6 N–H and O–H groups in total. The minimum atomic E-state index is -1.19. The average molecular weight is 495 g/mol. The van der Waals surface area contributed by atoms with E-state index in [0.29, 0.717) is 5.69 Å². The van der Waals surface area contributed by atoms with Crippen molar-refractivity contribution in [1.29, 1.82) is 0 Å². The van der Waals surface area contributed by atoms with Crippen molar-refractivity contribution in [2.75, 3.05) is 21.7 Å². The summed E-state index contributed by atoms with van der Waals surface area (Å²) in [6, 6.07) is 25.3. The van der Waals surface area contributed by atoms with E-state index < -0.39 is 23.7 Å². The molecule has 4 rings (SSSR count). The third kappa shape index (κ3) is 5.63. The summed E-state index contributed by atoms with van der Waals surface area (Å²) < 4.78 is 0. The van der Waals surface area contributed by atoms with Crippen LogP contribution in [-0.4, -0.2) is 28.8 Å². The second-order valence-corrected chi connectivity index (χ2v) is 7.89. The number of carbonyl (C=O) groups excluding carboxylic acids is 3. The van der Waals surface area contributed by atoms with Gasteiger partial charge in [0.25, 0.3) is 17.7 Å². The summed E-state index contributed by atoms with van der Waals surface area (Å²) >= 11 is 0. The molecule has 9 heteroatoms. The second-order valence-electron chi connectivity index (χ2n) is 7.89. The average Bonchev–Trinajstić information content (AvgIpc) is 2.89. The highest BCUT2D eigenvalue weighted by Gasteiger charge is 2.19. The van der Waals surface area contributed by atoms with Crippen molar-refractivity contribution < 1.29 is 24.3 Å². The molecular formula is C28H22N4O5. The molecule has 0 atom stereocenters. The Hall–Kier alpha value is -5.44. The monoisotopic (exact) mass is 494 g/mol. The molecule has 0 unspecified atom stereocenters. The van der Waals surface area contributed by atoms with Gasteiger partial charge in [-0.15, -0.1) is 0 Å². The van der Waals surface area contributed by atoms with Crippen molar-refractivity contribution >= 4 is 46.4 Å². The fourth-order valence-electron chi connectivity index (χ4n) is 3.63. The number of amides is 3. The fourth-order valence-corrected chi connectivity index (χ4v) is 3.63. The number of carboxylic acid groups (broad SMARTS) is 1. The molecule has 37 heavy (non-hydrogen) atoms. The van der Waals surface area contributed by atoms with Crippen LogP contribution in [0.15, 0.2) is 97.1 Å². The number of benzene rings is 4. The maximum Gasteiger partial charge on any atom is 0.337 e. The zero-order valence-corrected chi connectivity index (χ0v) is 19.4. The Bertz CT molecular complexity index is 1520. The van der Waals surface area contributed by atoms with E-state index in [-0.39, 0.29) is 39.3 Å². The van der Waals surface area contributed by atoms with E-state index in [0.717, 1.165) is 0 Å². The minimum absolute atomic E-state index is 0.0684. The number of carbonyl (C=O) groups is 4. The molecule has 3 amide bonds. The van der Waals surface area contributed by atoms with Crippen molar-refractivity contribution in [2.45, 2.75) is 0 Å². The van der Waals surface area contributed by atoms with Crippen molar-refractivity contribution in [3.63, 3.8) is 0 Å². The lowest BCUT2D eigenvalue weighted by atomic mass is 10.1. The first-order chi connectivity index (χ1) is 17.8. The minimum Gasteiger partial charge on any atom is -0.478 e. The van der Waals surface area contributed by atoms with E-state index in [1.165, 1.54) is 24.3 Å².